The number of aliphatic hydroxyl groups is 1. The van der Waals surface area contributed by atoms with Crippen LogP contribution in [0.3, 0.4) is 0 Å². The summed E-state index contributed by atoms with van der Waals surface area (Å²) in [7, 11) is 0. The Bertz CT molecular complexity index is 2120. The molecule has 0 aliphatic carbocycles. The molecule has 2 saturated heterocycles. The average Bonchev–Trinajstić information content (AvgIpc) is 4.13. The number of benzene rings is 4. The maximum absolute atomic E-state index is 11.3. The Labute approximate surface area is 331 Å². The van der Waals surface area contributed by atoms with Crippen molar-refractivity contribution in [3.8, 4) is 46.0 Å². The van der Waals surface area contributed by atoms with E-state index in [0.717, 1.165) is 148 Å². The third kappa shape index (κ3) is 6.55. The molecular weight excluding hydrogens is 709 g/mol. The first-order chi connectivity index (χ1) is 26.7. The van der Waals surface area contributed by atoms with Crippen LogP contribution in [-0.4, -0.2) is 63.1 Å². The lowest BCUT2D eigenvalue weighted by atomic mass is 9.87. The van der Waals surface area contributed by atoms with Crippen LogP contribution in [-0.2, 0) is 22.3 Å². The molecule has 0 saturated carbocycles. The first-order valence-electron chi connectivity index (χ1n) is 20.0. The number of aliphatic hydroxyl groups excluding tert-OH is 1. The van der Waals surface area contributed by atoms with E-state index in [1.807, 2.05) is 0 Å². The summed E-state index contributed by atoms with van der Waals surface area (Å²) in [5.41, 5.74) is 17.1. The van der Waals surface area contributed by atoms with Crippen LogP contribution in [0.25, 0.3) is 0 Å². The molecule has 2 atom stereocenters. The minimum Gasteiger partial charge on any atom is -0.490 e. The summed E-state index contributed by atoms with van der Waals surface area (Å²) in [6.45, 7) is 27.9. The lowest BCUT2D eigenvalue weighted by Crippen LogP contribution is -2.26. The van der Waals surface area contributed by atoms with Crippen LogP contribution >= 0.6 is 0 Å². The van der Waals surface area contributed by atoms with E-state index in [-0.39, 0.29) is 25.4 Å². The molecule has 9 heteroatoms. The van der Waals surface area contributed by atoms with E-state index in [9.17, 15) is 5.11 Å². The molecule has 0 spiro atoms. The molecule has 4 heterocycles. The Morgan fingerprint density at radius 2 is 0.696 bits per heavy atom. The van der Waals surface area contributed by atoms with E-state index in [1.165, 1.54) is 0 Å². The second kappa shape index (κ2) is 14.5. The highest BCUT2D eigenvalue weighted by atomic mass is 16.6. The van der Waals surface area contributed by atoms with E-state index >= 15 is 0 Å². The standard InChI is InChI=1S/C47H56O9/c1-21-25(5)44-36(13-38-31(11)42(53-19-34-17-49-34)23(3)27(7)46(38)55-44)29(9)40(21)51-15-33(48)16-52-41-22(2)26(6)45-37(30(41)10)14-39-32(12)43(54-20-35-18-50-35)24(4)28(8)47(39)56-45/h33-35,48H,13-20H2,1-12H3. The van der Waals surface area contributed by atoms with Crippen LogP contribution in [0.1, 0.15) is 89.0 Å². The van der Waals surface area contributed by atoms with Gasteiger partial charge in [0.1, 0.15) is 90.7 Å². The van der Waals surface area contributed by atoms with Gasteiger partial charge < -0.3 is 43.0 Å². The number of hydrogen-bond donors (Lipinski definition) is 1. The SMILES string of the molecule is Cc1c(C)c2c(c(C)c1OCC(O)COc1c(C)c(C)c3c(c1C)Cc1c(C)c(OCC4CO4)c(C)c(C)c1O3)Cc1c(C)c(OCC3CO3)c(C)c(C)c1O2. The fourth-order valence-electron chi connectivity index (χ4n) is 8.54. The first-order valence-corrected chi connectivity index (χ1v) is 20.0. The highest BCUT2D eigenvalue weighted by Crippen LogP contribution is 2.51. The van der Waals surface area contributed by atoms with Crippen molar-refractivity contribution >= 4 is 0 Å². The quantitative estimate of drug-likeness (QED) is 0.122. The molecule has 56 heavy (non-hydrogen) atoms. The van der Waals surface area contributed by atoms with Gasteiger partial charge in [-0.15, -0.1) is 0 Å². The van der Waals surface area contributed by atoms with Crippen LogP contribution in [0.15, 0.2) is 0 Å². The number of hydrogen-bond acceptors (Lipinski definition) is 9. The van der Waals surface area contributed by atoms with Crippen LogP contribution in [0.5, 0.6) is 46.0 Å². The van der Waals surface area contributed by atoms with Crippen molar-refractivity contribution in [1.82, 2.24) is 0 Å². The fourth-order valence-corrected chi connectivity index (χ4v) is 8.54. The molecule has 2 fully saturated rings. The molecule has 0 aromatic heterocycles. The summed E-state index contributed by atoms with van der Waals surface area (Å²) in [6.07, 6.45) is 0.906. The molecule has 298 valence electrons. The van der Waals surface area contributed by atoms with Crippen molar-refractivity contribution in [3.05, 3.63) is 89.0 Å². The second-order valence-electron chi connectivity index (χ2n) is 16.4. The lowest BCUT2D eigenvalue weighted by Gasteiger charge is -2.31. The van der Waals surface area contributed by atoms with Crippen molar-refractivity contribution in [1.29, 1.82) is 0 Å². The van der Waals surface area contributed by atoms with Crippen LogP contribution in [0.2, 0.25) is 0 Å². The molecule has 4 aromatic carbocycles. The number of epoxide rings is 2. The van der Waals surface area contributed by atoms with Crippen LogP contribution in [0.4, 0.5) is 0 Å². The predicted molar refractivity (Wildman–Crippen MR) is 216 cm³/mol. The predicted octanol–water partition coefficient (Wildman–Crippen LogP) is 9.15. The summed E-state index contributed by atoms with van der Waals surface area (Å²) in [6, 6.07) is 0. The lowest BCUT2D eigenvalue weighted by molar-refractivity contribution is 0.0615. The molecule has 2 unspecified atom stereocenters. The Hall–Kier alpha value is -4.44. The average molecular weight is 765 g/mol. The van der Waals surface area contributed by atoms with Gasteiger partial charge in [0.15, 0.2) is 0 Å². The van der Waals surface area contributed by atoms with Gasteiger partial charge in [0, 0.05) is 35.1 Å². The van der Waals surface area contributed by atoms with Crippen molar-refractivity contribution in [2.24, 2.45) is 0 Å². The molecular formula is C47H56O9. The van der Waals surface area contributed by atoms with Gasteiger partial charge in [-0.1, -0.05) is 0 Å². The molecule has 4 aliphatic heterocycles. The minimum absolute atomic E-state index is 0.0842. The molecule has 0 bridgehead atoms. The van der Waals surface area contributed by atoms with E-state index in [2.05, 4.69) is 83.1 Å². The monoisotopic (exact) mass is 764 g/mol. The Morgan fingerprint density at radius 1 is 0.429 bits per heavy atom. The number of rotatable bonds is 12. The second-order valence-corrected chi connectivity index (χ2v) is 16.4. The maximum atomic E-state index is 11.3. The zero-order chi connectivity index (χ0) is 39.9. The van der Waals surface area contributed by atoms with Gasteiger partial charge in [0.2, 0.25) is 0 Å². The molecule has 8 rings (SSSR count). The highest BCUT2D eigenvalue weighted by molar-refractivity contribution is 5.69. The number of ether oxygens (including phenoxy) is 8. The molecule has 0 radical (unpaired) electrons. The van der Waals surface area contributed by atoms with Gasteiger partial charge in [-0.05, 0) is 150 Å². The zero-order valence-electron chi connectivity index (χ0n) is 35.1. The molecule has 4 aromatic rings. The van der Waals surface area contributed by atoms with Crippen molar-refractivity contribution in [3.63, 3.8) is 0 Å². The molecule has 4 aliphatic rings. The normalized spacial score (nSPS) is 17.8. The summed E-state index contributed by atoms with van der Waals surface area (Å²) in [5.74, 6) is 7.01. The van der Waals surface area contributed by atoms with Crippen LogP contribution in [0, 0.1) is 83.1 Å². The van der Waals surface area contributed by atoms with E-state index in [0.29, 0.717) is 26.1 Å². The maximum Gasteiger partial charge on any atom is 0.134 e. The minimum atomic E-state index is -0.861. The van der Waals surface area contributed by atoms with Crippen LogP contribution < -0.4 is 28.4 Å². The molecule has 0 amide bonds. The van der Waals surface area contributed by atoms with Gasteiger partial charge in [-0.3, -0.25) is 0 Å². The Balaban J connectivity index is 0.989. The van der Waals surface area contributed by atoms with Crippen molar-refractivity contribution < 1.29 is 43.0 Å². The van der Waals surface area contributed by atoms with E-state index in [1.54, 1.807) is 0 Å². The third-order valence-electron chi connectivity index (χ3n) is 12.8. The summed E-state index contributed by atoms with van der Waals surface area (Å²) >= 11 is 0. The summed E-state index contributed by atoms with van der Waals surface area (Å²) in [5, 5.41) is 11.3. The molecule has 1 N–H and O–H groups in total. The van der Waals surface area contributed by atoms with Gasteiger partial charge >= 0.3 is 0 Å². The zero-order valence-corrected chi connectivity index (χ0v) is 35.1. The van der Waals surface area contributed by atoms with Crippen molar-refractivity contribution in [2.75, 3.05) is 39.6 Å². The number of fused-ring (bicyclic) bond motifs is 4. The Kier molecular flexibility index (Phi) is 9.95. The van der Waals surface area contributed by atoms with E-state index < -0.39 is 6.10 Å². The van der Waals surface area contributed by atoms with Gasteiger partial charge in [0.25, 0.3) is 0 Å². The van der Waals surface area contributed by atoms with Gasteiger partial charge in [-0.25, -0.2) is 0 Å². The Morgan fingerprint density at radius 3 is 0.964 bits per heavy atom. The largest absolute Gasteiger partial charge is 0.490 e. The fraction of sp³-hybridized carbons (Fsp3) is 0.489. The topological polar surface area (TPSA) is 101 Å². The molecule has 9 nitrogen and oxygen atoms in total. The summed E-state index contributed by atoms with van der Waals surface area (Å²) < 4.78 is 49.7. The van der Waals surface area contributed by atoms with E-state index in [4.69, 9.17) is 37.9 Å². The summed E-state index contributed by atoms with van der Waals surface area (Å²) in [4.78, 5) is 0. The smallest absolute Gasteiger partial charge is 0.134 e. The third-order valence-corrected chi connectivity index (χ3v) is 12.8. The van der Waals surface area contributed by atoms with Crippen molar-refractivity contribution in [2.45, 2.75) is 114 Å². The van der Waals surface area contributed by atoms with Gasteiger partial charge in [-0.2, -0.15) is 0 Å². The van der Waals surface area contributed by atoms with Gasteiger partial charge in [0.05, 0.1) is 13.2 Å². The highest BCUT2D eigenvalue weighted by Gasteiger charge is 2.33. The first kappa shape index (κ1) is 38.4.